The first-order valence-electron chi connectivity index (χ1n) is 6.37. The average Bonchev–Trinajstić information content (AvgIpc) is 2.32. The van der Waals surface area contributed by atoms with Crippen LogP contribution < -0.4 is 10.5 Å². The fraction of sp³-hybridized carbons (Fsp3) is 0.538. The van der Waals surface area contributed by atoms with Crippen LogP contribution in [0.4, 0.5) is 5.69 Å². The van der Waals surface area contributed by atoms with Gasteiger partial charge in [0, 0.05) is 23.3 Å². The predicted molar refractivity (Wildman–Crippen MR) is 84.1 cm³/mol. The second-order valence-electron chi connectivity index (χ2n) is 4.98. The number of halogens is 1. The molecule has 114 valence electrons. The molecule has 0 spiro atoms. The highest BCUT2D eigenvalue weighted by atomic mass is 79.9. The van der Waals surface area contributed by atoms with Gasteiger partial charge in [-0.1, -0.05) is 29.8 Å². The van der Waals surface area contributed by atoms with Gasteiger partial charge < -0.3 is 10.5 Å². The van der Waals surface area contributed by atoms with Crippen molar-refractivity contribution >= 4 is 31.6 Å². The number of benzene rings is 1. The van der Waals surface area contributed by atoms with Gasteiger partial charge in [0.1, 0.15) is 0 Å². The summed E-state index contributed by atoms with van der Waals surface area (Å²) in [6.07, 6.45) is 0. The summed E-state index contributed by atoms with van der Waals surface area (Å²) in [6.45, 7) is 6.96. The molecule has 0 radical (unpaired) electrons. The van der Waals surface area contributed by atoms with E-state index in [9.17, 15) is 8.42 Å². The fourth-order valence-corrected chi connectivity index (χ4v) is 3.54. The SMILES string of the molecule is Cc1c(N)cc(Br)cc1S(=O)(=O)NCCOCC(C)C. The van der Waals surface area contributed by atoms with E-state index in [2.05, 4.69) is 20.7 Å². The maximum Gasteiger partial charge on any atom is 0.241 e. The summed E-state index contributed by atoms with van der Waals surface area (Å²) < 4.78 is 32.9. The van der Waals surface area contributed by atoms with Gasteiger partial charge in [0.2, 0.25) is 10.0 Å². The third kappa shape index (κ3) is 5.05. The largest absolute Gasteiger partial charge is 0.398 e. The molecule has 1 rings (SSSR count). The Labute approximate surface area is 129 Å². The highest BCUT2D eigenvalue weighted by Gasteiger charge is 2.18. The highest BCUT2D eigenvalue weighted by Crippen LogP contribution is 2.26. The molecule has 0 heterocycles. The van der Waals surface area contributed by atoms with E-state index in [1.807, 2.05) is 13.8 Å². The van der Waals surface area contributed by atoms with Gasteiger partial charge in [-0.05, 0) is 30.5 Å². The molecule has 1 aromatic carbocycles. The number of nitrogen functional groups attached to an aromatic ring is 1. The molecule has 20 heavy (non-hydrogen) atoms. The smallest absolute Gasteiger partial charge is 0.241 e. The lowest BCUT2D eigenvalue weighted by atomic mass is 10.2. The molecule has 0 saturated heterocycles. The van der Waals surface area contributed by atoms with Crippen LogP contribution in [-0.2, 0) is 14.8 Å². The van der Waals surface area contributed by atoms with Crippen LogP contribution in [0, 0.1) is 12.8 Å². The summed E-state index contributed by atoms with van der Waals surface area (Å²) in [4.78, 5) is 0.188. The minimum atomic E-state index is -3.58. The van der Waals surface area contributed by atoms with Crippen molar-refractivity contribution in [2.45, 2.75) is 25.7 Å². The molecular formula is C13H21BrN2O3S. The van der Waals surface area contributed by atoms with Crippen molar-refractivity contribution in [3.8, 4) is 0 Å². The number of anilines is 1. The Morgan fingerprint density at radius 3 is 2.65 bits per heavy atom. The molecule has 0 aliphatic rings. The van der Waals surface area contributed by atoms with E-state index in [-0.39, 0.29) is 11.4 Å². The molecule has 7 heteroatoms. The Morgan fingerprint density at radius 1 is 1.40 bits per heavy atom. The summed E-state index contributed by atoms with van der Waals surface area (Å²) in [7, 11) is -3.58. The van der Waals surface area contributed by atoms with Gasteiger partial charge in [-0.3, -0.25) is 0 Å². The minimum Gasteiger partial charge on any atom is -0.398 e. The summed E-state index contributed by atoms with van der Waals surface area (Å²) in [5, 5.41) is 0. The molecule has 0 aromatic heterocycles. The Kier molecular flexibility index (Phi) is 6.44. The lowest BCUT2D eigenvalue weighted by molar-refractivity contribution is 0.114. The van der Waals surface area contributed by atoms with Gasteiger partial charge in [-0.25, -0.2) is 13.1 Å². The van der Waals surface area contributed by atoms with Crippen molar-refractivity contribution in [2.24, 2.45) is 5.92 Å². The Balaban J connectivity index is 2.70. The molecule has 0 atom stereocenters. The van der Waals surface area contributed by atoms with Crippen LogP contribution in [0.25, 0.3) is 0 Å². The molecule has 3 N–H and O–H groups in total. The third-order valence-electron chi connectivity index (χ3n) is 2.64. The van der Waals surface area contributed by atoms with E-state index in [1.165, 1.54) is 0 Å². The Bertz CT molecular complexity index is 559. The van der Waals surface area contributed by atoms with Crippen LogP contribution in [0.1, 0.15) is 19.4 Å². The zero-order valence-electron chi connectivity index (χ0n) is 11.9. The van der Waals surface area contributed by atoms with Crippen LogP contribution in [0.3, 0.4) is 0 Å². The number of rotatable bonds is 7. The maximum atomic E-state index is 12.2. The molecule has 0 aliphatic carbocycles. The second-order valence-corrected chi connectivity index (χ2v) is 7.64. The van der Waals surface area contributed by atoms with Crippen molar-refractivity contribution in [3.63, 3.8) is 0 Å². The van der Waals surface area contributed by atoms with E-state index in [0.29, 0.717) is 34.9 Å². The number of hydrogen-bond acceptors (Lipinski definition) is 4. The highest BCUT2D eigenvalue weighted by molar-refractivity contribution is 9.10. The number of nitrogens with two attached hydrogens (primary N) is 1. The zero-order valence-corrected chi connectivity index (χ0v) is 14.3. The first kappa shape index (κ1) is 17.4. The molecule has 5 nitrogen and oxygen atoms in total. The van der Waals surface area contributed by atoms with Crippen molar-refractivity contribution in [1.29, 1.82) is 0 Å². The molecule has 0 unspecified atom stereocenters. The van der Waals surface area contributed by atoms with Gasteiger partial charge in [-0.15, -0.1) is 0 Å². The van der Waals surface area contributed by atoms with Crippen LogP contribution >= 0.6 is 15.9 Å². The first-order chi connectivity index (χ1) is 9.24. The van der Waals surface area contributed by atoms with Gasteiger partial charge in [0.05, 0.1) is 11.5 Å². The molecule has 0 aliphatic heterocycles. The molecule has 0 bridgehead atoms. The van der Waals surface area contributed by atoms with Crippen LogP contribution in [0.15, 0.2) is 21.5 Å². The van der Waals surface area contributed by atoms with E-state index < -0.39 is 10.0 Å². The molecular weight excluding hydrogens is 344 g/mol. The Hall–Kier alpha value is -0.630. The lowest BCUT2D eigenvalue weighted by Gasteiger charge is -2.12. The lowest BCUT2D eigenvalue weighted by Crippen LogP contribution is -2.28. The van der Waals surface area contributed by atoms with E-state index in [1.54, 1.807) is 19.1 Å². The van der Waals surface area contributed by atoms with Crippen LogP contribution in [0.5, 0.6) is 0 Å². The van der Waals surface area contributed by atoms with Crippen LogP contribution in [0.2, 0.25) is 0 Å². The van der Waals surface area contributed by atoms with Crippen LogP contribution in [-0.4, -0.2) is 28.2 Å². The first-order valence-corrected chi connectivity index (χ1v) is 8.64. The average molecular weight is 365 g/mol. The van der Waals surface area contributed by atoms with Gasteiger partial charge in [0.25, 0.3) is 0 Å². The normalized spacial score (nSPS) is 12.1. The number of ether oxygens (including phenoxy) is 1. The minimum absolute atomic E-state index is 0.188. The van der Waals surface area contributed by atoms with Gasteiger partial charge in [-0.2, -0.15) is 0 Å². The van der Waals surface area contributed by atoms with Crippen molar-refractivity contribution in [1.82, 2.24) is 4.72 Å². The number of sulfonamides is 1. The van der Waals surface area contributed by atoms with Gasteiger partial charge >= 0.3 is 0 Å². The topological polar surface area (TPSA) is 81.4 Å². The van der Waals surface area contributed by atoms with Crippen molar-refractivity contribution in [3.05, 3.63) is 22.2 Å². The van der Waals surface area contributed by atoms with E-state index in [4.69, 9.17) is 10.5 Å². The summed E-state index contributed by atoms with van der Waals surface area (Å²) in [5.41, 5.74) is 6.77. The second kappa shape index (κ2) is 7.40. The third-order valence-corrected chi connectivity index (χ3v) is 4.69. The number of hydrogen-bond donors (Lipinski definition) is 2. The monoisotopic (exact) mass is 364 g/mol. The zero-order chi connectivity index (χ0) is 15.3. The van der Waals surface area contributed by atoms with Gasteiger partial charge in [0.15, 0.2) is 0 Å². The quantitative estimate of drug-likeness (QED) is 0.574. The summed E-state index contributed by atoms with van der Waals surface area (Å²) >= 11 is 3.25. The summed E-state index contributed by atoms with van der Waals surface area (Å²) in [6, 6.07) is 3.23. The van der Waals surface area contributed by atoms with Crippen molar-refractivity contribution in [2.75, 3.05) is 25.5 Å². The molecule has 0 amide bonds. The number of nitrogens with one attached hydrogen (secondary N) is 1. The Morgan fingerprint density at radius 2 is 2.05 bits per heavy atom. The predicted octanol–water partition coefficient (Wildman–Crippen LogP) is 2.29. The maximum absolute atomic E-state index is 12.2. The fourth-order valence-electron chi connectivity index (χ4n) is 1.60. The molecule has 0 fully saturated rings. The molecule has 0 saturated carbocycles. The summed E-state index contributed by atoms with van der Waals surface area (Å²) in [5.74, 6) is 0.429. The van der Waals surface area contributed by atoms with E-state index >= 15 is 0 Å². The van der Waals surface area contributed by atoms with Crippen molar-refractivity contribution < 1.29 is 13.2 Å². The molecule has 1 aromatic rings. The standard InChI is InChI=1S/C13H21BrN2O3S/c1-9(2)8-19-5-4-16-20(17,18)13-7-11(14)6-12(15)10(13)3/h6-7,9,16H,4-5,8,15H2,1-3H3. The van der Waals surface area contributed by atoms with E-state index in [0.717, 1.165) is 0 Å².